The lowest BCUT2D eigenvalue weighted by atomic mass is 10.1. The Morgan fingerprint density at radius 1 is 1.06 bits per heavy atom. The van der Waals surface area contributed by atoms with Gasteiger partial charge in [-0.2, -0.15) is 0 Å². The van der Waals surface area contributed by atoms with Gasteiger partial charge in [-0.1, -0.05) is 35.5 Å². The molecule has 2 aliphatic rings. The number of carbonyl (C=O) groups is 1. The van der Waals surface area contributed by atoms with Crippen molar-refractivity contribution < 1.29 is 9.53 Å². The maximum atomic E-state index is 12.6. The van der Waals surface area contributed by atoms with Crippen molar-refractivity contribution in [1.82, 2.24) is 14.8 Å². The summed E-state index contributed by atoms with van der Waals surface area (Å²) < 4.78 is 7.96. The van der Waals surface area contributed by atoms with Crippen molar-refractivity contribution in [3.63, 3.8) is 0 Å². The highest BCUT2D eigenvalue weighted by atomic mass is 35.5. The molecule has 3 aromatic rings. The lowest BCUT2D eigenvalue weighted by Gasteiger charge is -2.28. The van der Waals surface area contributed by atoms with Crippen molar-refractivity contribution in [1.29, 1.82) is 0 Å². The normalized spacial score (nSPS) is 15.9. The quantitative estimate of drug-likeness (QED) is 0.390. The summed E-state index contributed by atoms with van der Waals surface area (Å²) >= 11 is 7.59. The van der Waals surface area contributed by atoms with Gasteiger partial charge in [-0.25, -0.2) is 0 Å². The van der Waals surface area contributed by atoms with Crippen molar-refractivity contribution in [2.45, 2.75) is 49.9 Å². The molecule has 2 heterocycles. The molecule has 1 aliphatic heterocycles. The van der Waals surface area contributed by atoms with Gasteiger partial charge in [0, 0.05) is 30.5 Å². The second-order valence-electron chi connectivity index (χ2n) is 8.65. The molecular weight excluding hydrogens is 470 g/mol. The summed E-state index contributed by atoms with van der Waals surface area (Å²) in [5, 5.41) is 13.0. The van der Waals surface area contributed by atoms with Crippen LogP contribution in [0.15, 0.2) is 53.7 Å². The Morgan fingerprint density at radius 2 is 1.82 bits per heavy atom. The molecule has 1 N–H and O–H groups in total. The van der Waals surface area contributed by atoms with Gasteiger partial charge < -0.3 is 15.0 Å². The summed E-state index contributed by atoms with van der Waals surface area (Å²) in [7, 11) is 0. The molecule has 178 valence electrons. The van der Waals surface area contributed by atoms with Crippen LogP contribution in [0, 0.1) is 0 Å². The number of anilines is 2. The average molecular weight is 498 g/mol. The number of nitrogens with zero attached hydrogens (tertiary/aromatic N) is 4. The van der Waals surface area contributed by atoms with Crippen LogP contribution in [0.25, 0.3) is 0 Å². The fourth-order valence-electron chi connectivity index (χ4n) is 4.14. The van der Waals surface area contributed by atoms with Crippen molar-refractivity contribution in [2.75, 3.05) is 29.1 Å². The molecule has 2 aromatic carbocycles. The molecule has 7 nitrogen and oxygen atoms in total. The van der Waals surface area contributed by atoms with Gasteiger partial charge in [0.25, 0.3) is 0 Å². The standard InChI is InChI=1S/C25H28ClN5O2S/c26-21-6-2-3-7-22(21)33-16-23-28-29-25(31(23)20-12-13-20)34-17-24(32)27-18-8-10-19(11-9-18)30-14-4-1-5-15-30/h2-3,6-11,20H,1,4-5,12-17H2,(H,27,32). The van der Waals surface area contributed by atoms with Crippen LogP contribution >= 0.6 is 23.4 Å². The molecule has 1 saturated heterocycles. The zero-order valence-electron chi connectivity index (χ0n) is 19.0. The minimum absolute atomic E-state index is 0.0602. The molecule has 0 bridgehead atoms. The number of amides is 1. The predicted octanol–water partition coefficient (Wildman–Crippen LogP) is 5.57. The Bertz CT molecular complexity index is 1130. The number of carbonyl (C=O) groups excluding carboxylic acids is 1. The number of benzene rings is 2. The summed E-state index contributed by atoms with van der Waals surface area (Å²) in [6, 6.07) is 15.9. The first kappa shape index (κ1) is 23.1. The van der Waals surface area contributed by atoms with E-state index in [4.69, 9.17) is 16.3 Å². The molecule has 1 amide bonds. The van der Waals surface area contributed by atoms with Crippen LogP contribution in [-0.2, 0) is 11.4 Å². The van der Waals surface area contributed by atoms with E-state index in [0.717, 1.165) is 42.6 Å². The number of piperidine rings is 1. The van der Waals surface area contributed by atoms with E-state index in [1.165, 1.54) is 36.7 Å². The highest BCUT2D eigenvalue weighted by Crippen LogP contribution is 2.39. The lowest BCUT2D eigenvalue weighted by Crippen LogP contribution is -2.29. The Balaban J connectivity index is 1.16. The van der Waals surface area contributed by atoms with E-state index in [9.17, 15) is 4.79 Å². The van der Waals surface area contributed by atoms with Crippen LogP contribution in [0.5, 0.6) is 5.75 Å². The first-order valence-corrected chi connectivity index (χ1v) is 13.1. The fourth-order valence-corrected chi connectivity index (χ4v) is 5.16. The van der Waals surface area contributed by atoms with E-state index in [2.05, 4.69) is 37.1 Å². The number of rotatable bonds is 9. The Morgan fingerprint density at radius 3 is 2.56 bits per heavy atom. The Hall–Kier alpha value is -2.71. The maximum absolute atomic E-state index is 12.6. The van der Waals surface area contributed by atoms with Crippen molar-refractivity contribution in [2.24, 2.45) is 0 Å². The van der Waals surface area contributed by atoms with Gasteiger partial charge in [0.2, 0.25) is 5.91 Å². The number of halogens is 1. The van der Waals surface area contributed by atoms with E-state index >= 15 is 0 Å². The van der Waals surface area contributed by atoms with Crippen molar-refractivity contribution >= 4 is 40.6 Å². The third-order valence-electron chi connectivity index (χ3n) is 6.05. The second-order valence-corrected chi connectivity index (χ2v) is 10.0. The summed E-state index contributed by atoms with van der Waals surface area (Å²) in [6.45, 7) is 2.49. The summed E-state index contributed by atoms with van der Waals surface area (Å²) in [6.07, 6.45) is 5.97. The Labute approximate surface area is 208 Å². The Kier molecular flexibility index (Phi) is 7.25. The number of hydrogen-bond acceptors (Lipinski definition) is 6. The molecule has 1 aliphatic carbocycles. The van der Waals surface area contributed by atoms with E-state index < -0.39 is 0 Å². The van der Waals surface area contributed by atoms with E-state index in [0.29, 0.717) is 16.8 Å². The second kappa shape index (κ2) is 10.7. The smallest absolute Gasteiger partial charge is 0.234 e. The minimum atomic E-state index is -0.0602. The van der Waals surface area contributed by atoms with Crippen LogP contribution < -0.4 is 15.0 Å². The largest absolute Gasteiger partial charge is 0.484 e. The van der Waals surface area contributed by atoms with Crippen LogP contribution in [0.4, 0.5) is 11.4 Å². The molecule has 0 unspecified atom stereocenters. The van der Waals surface area contributed by atoms with Crippen LogP contribution in [-0.4, -0.2) is 39.5 Å². The molecule has 2 fully saturated rings. The number of nitrogens with one attached hydrogen (secondary N) is 1. The third-order valence-corrected chi connectivity index (χ3v) is 7.30. The van der Waals surface area contributed by atoms with Gasteiger partial charge in [0.15, 0.2) is 11.0 Å². The number of thioether (sulfide) groups is 1. The molecule has 0 radical (unpaired) electrons. The minimum Gasteiger partial charge on any atom is -0.484 e. The molecule has 0 spiro atoms. The number of hydrogen-bond donors (Lipinski definition) is 1. The van der Waals surface area contributed by atoms with Crippen LogP contribution in [0.2, 0.25) is 5.02 Å². The zero-order valence-corrected chi connectivity index (χ0v) is 20.5. The first-order valence-electron chi connectivity index (χ1n) is 11.8. The SMILES string of the molecule is O=C(CSc1nnc(COc2ccccc2Cl)n1C1CC1)Nc1ccc(N2CCCCC2)cc1. The van der Waals surface area contributed by atoms with Gasteiger partial charge in [0.05, 0.1) is 10.8 Å². The number of para-hydroxylation sites is 1. The fraction of sp³-hybridized carbons (Fsp3) is 0.400. The lowest BCUT2D eigenvalue weighted by molar-refractivity contribution is -0.113. The van der Waals surface area contributed by atoms with E-state index in [1.807, 2.05) is 30.3 Å². The highest BCUT2D eigenvalue weighted by Gasteiger charge is 2.30. The molecule has 1 aromatic heterocycles. The molecular formula is C25H28ClN5O2S. The van der Waals surface area contributed by atoms with E-state index in [1.54, 1.807) is 6.07 Å². The molecule has 5 rings (SSSR count). The maximum Gasteiger partial charge on any atom is 0.234 e. The third kappa shape index (κ3) is 5.67. The average Bonchev–Trinajstić information content (AvgIpc) is 3.63. The number of aromatic nitrogens is 3. The summed E-state index contributed by atoms with van der Waals surface area (Å²) in [5.74, 6) is 1.58. The van der Waals surface area contributed by atoms with Gasteiger partial charge in [-0.3, -0.25) is 9.36 Å². The summed E-state index contributed by atoms with van der Waals surface area (Å²) in [5.41, 5.74) is 2.03. The molecule has 0 atom stereocenters. The van der Waals surface area contributed by atoms with Crippen molar-refractivity contribution in [3.8, 4) is 5.75 Å². The highest BCUT2D eigenvalue weighted by molar-refractivity contribution is 7.99. The van der Waals surface area contributed by atoms with Gasteiger partial charge in [-0.05, 0) is 68.5 Å². The predicted molar refractivity (Wildman–Crippen MR) is 136 cm³/mol. The topological polar surface area (TPSA) is 72.3 Å². The first-order chi connectivity index (χ1) is 16.7. The molecule has 34 heavy (non-hydrogen) atoms. The zero-order chi connectivity index (χ0) is 23.3. The van der Waals surface area contributed by atoms with Gasteiger partial charge >= 0.3 is 0 Å². The van der Waals surface area contributed by atoms with Crippen molar-refractivity contribution in [3.05, 3.63) is 59.4 Å². The van der Waals surface area contributed by atoms with E-state index in [-0.39, 0.29) is 18.3 Å². The summed E-state index contributed by atoms with van der Waals surface area (Å²) in [4.78, 5) is 15.0. The monoisotopic (exact) mass is 497 g/mol. The number of ether oxygens (including phenoxy) is 1. The van der Waals surface area contributed by atoms with Gasteiger partial charge in [-0.15, -0.1) is 10.2 Å². The van der Waals surface area contributed by atoms with Crippen LogP contribution in [0.1, 0.15) is 44.0 Å². The molecule has 9 heteroatoms. The van der Waals surface area contributed by atoms with Crippen LogP contribution in [0.3, 0.4) is 0 Å². The molecule has 1 saturated carbocycles. The van der Waals surface area contributed by atoms with Gasteiger partial charge in [0.1, 0.15) is 12.4 Å².